The van der Waals surface area contributed by atoms with Crippen molar-refractivity contribution in [3.05, 3.63) is 54.1 Å². The summed E-state index contributed by atoms with van der Waals surface area (Å²) >= 11 is 0. The molecule has 2 N–H and O–H groups in total. The molecular formula is C22H28N2O4. The molecule has 0 spiro atoms. The number of anilines is 2. The zero-order valence-electron chi connectivity index (χ0n) is 16.5. The van der Waals surface area contributed by atoms with Crippen LogP contribution in [0.25, 0.3) is 0 Å². The van der Waals surface area contributed by atoms with Crippen LogP contribution < -0.4 is 15.4 Å². The molecule has 28 heavy (non-hydrogen) atoms. The molecule has 0 unspecified atom stereocenters. The number of ether oxygens (including phenoxy) is 2. The molecule has 1 amide bonds. The number of esters is 1. The largest absolute Gasteiger partial charge is 0.494 e. The lowest BCUT2D eigenvalue weighted by molar-refractivity contribution is -0.114. The van der Waals surface area contributed by atoms with Crippen molar-refractivity contribution in [2.45, 2.75) is 33.1 Å². The van der Waals surface area contributed by atoms with E-state index in [1.54, 1.807) is 24.3 Å². The van der Waals surface area contributed by atoms with Crippen LogP contribution in [0, 0.1) is 0 Å². The number of hydrogen-bond acceptors (Lipinski definition) is 5. The summed E-state index contributed by atoms with van der Waals surface area (Å²) in [6, 6.07) is 14.2. The fourth-order valence-electron chi connectivity index (χ4n) is 2.39. The molecule has 6 nitrogen and oxygen atoms in total. The molecule has 0 aliphatic carbocycles. The van der Waals surface area contributed by atoms with Crippen molar-refractivity contribution in [2.75, 3.05) is 30.4 Å². The Balaban J connectivity index is 1.80. The van der Waals surface area contributed by atoms with Gasteiger partial charge in [-0.2, -0.15) is 0 Å². The Morgan fingerprint density at radius 3 is 2.43 bits per heavy atom. The van der Waals surface area contributed by atoms with Crippen molar-refractivity contribution in [3.63, 3.8) is 0 Å². The highest BCUT2D eigenvalue weighted by Crippen LogP contribution is 2.18. The van der Waals surface area contributed by atoms with Gasteiger partial charge >= 0.3 is 5.97 Å². The molecule has 150 valence electrons. The lowest BCUT2D eigenvalue weighted by Crippen LogP contribution is -2.21. The summed E-state index contributed by atoms with van der Waals surface area (Å²) in [5.74, 6) is 0.231. The van der Waals surface area contributed by atoms with Crippen LogP contribution in [0.3, 0.4) is 0 Å². The lowest BCUT2D eigenvalue weighted by atomic mass is 10.2. The van der Waals surface area contributed by atoms with Gasteiger partial charge in [0.25, 0.3) is 0 Å². The Kier molecular flexibility index (Phi) is 8.85. The molecule has 0 atom stereocenters. The van der Waals surface area contributed by atoms with E-state index in [1.165, 1.54) is 0 Å². The van der Waals surface area contributed by atoms with Gasteiger partial charge in [0.2, 0.25) is 5.91 Å². The summed E-state index contributed by atoms with van der Waals surface area (Å²) in [5, 5.41) is 5.88. The van der Waals surface area contributed by atoms with Crippen molar-refractivity contribution < 1.29 is 19.1 Å². The Morgan fingerprint density at radius 1 is 0.929 bits per heavy atom. The second kappa shape index (κ2) is 11.6. The topological polar surface area (TPSA) is 76.7 Å². The molecular weight excluding hydrogens is 356 g/mol. The molecule has 0 heterocycles. The summed E-state index contributed by atoms with van der Waals surface area (Å²) in [4.78, 5) is 23.9. The summed E-state index contributed by atoms with van der Waals surface area (Å²) in [7, 11) is 0. The number of benzene rings is 2. The van der Waals surface area contributed by atoms with Crippen molar-refractivity contribution in [3.8, 4) is 5.75 Å². The maximum absolute atomic E-state index is 12.2. The number of carbonyl (C=O) groups excluding carboxylic acids is 2. The van der Waals surface area contributed by atoms with Crippen LogP contribution in [-0.2, 0) is 9.53 Å². The zero-order chi connectivity index (χ0) is 20.2. The highest BCUT2D eigenvalue weighted by atomic mass is 16.5. The van der Waals surface area contributed by atoms with Gasteiger partial charge < -0.3 is 20.1 Å². The van der Waals surface area contributed by atoms with Gasteiger partial charge in [-0.15, -0.1) is 0 Å². The van der Waals surface area contributed by atoms with Crippen molar-refractivity contribution in [1.82, 2.24) is 0 Å². The quantitative estimate of drug-likeness (QED) is 0.441. The molecule has 0 bridgehead atoms. The van der Waals surface area contributed by atoms with Gasteiger partial charge in [-0.1, -0.05) is 26.3 Å². The first kappa shape index (κ1) is 21.3. The van der Waals surface area contributed by atoms with Crippen LogP contribution in [0.1, 0.15) is 43.5 Å². The van der Waals surface area contributed by atoms with Gasteiger partial charge in [0.05, 0.1) is 25.3 Å². The second-order valence-corrected chi connectivity index (χ2v) is 6.34. The monoisotopic (exact) mass is 384 g/mol. The minimum absolute atomic E-state index is 0.112. The number of rotatable bonds is 11. The minimum Gasteiger partial charge on any atom is -0.494 e. The van der Waals surface area contributed by atoms with Gasteiger partial charge in [-0.05, 0) is 49.2 Å². The first-order chi connectivity index (χ1) is 13.6. The van der Waals surface area contributed by atoms with E-state index in [0.29, 0.717) is 24.5 Å². The predicted molar refractivity (Wildman–Crippen MR) is 111 cm³/mol. The van der Waals surface area contributed by atoms with E-state index < -0.39 is 0 Å². The van der Waals surface area contributed by atoms with Crippen molar-refractivity contribution in [2.24, 2.45) is 0 Å². The average Bonchev–Trinajstić information content (AvgIpc) is 2.71. The van der Waals surface area contributed by atoms with E-state index in [9.17, 15) is 9.59 Å². The van der Waals surface area contributed by atoms with Crippen LogP contribution in [0.4, 0.5) is 11.4 Å². The highest BCUT2D eigenvalue weighted by molar-refractivity contribution is 5.94. The Hall–Kier alpha value is -3.02. The van der Waals surface area contributed by atoms with E-state index in [1.807, 2.05) is 31.2 Å². The molecule has 0 saturated heterocycles. The third-order valence-electron chi connectivity index (χ3n) is 3.90. The van der Waals surface area contributed by atoms with E-state index in [2.05, 4.69) is 17.6 Å². The fraction of sp³-hybridized carbons (Fsp3) is 0.364. The average molecular weight is 384 g/mol. The normalized spacial score (nSPS) is 10.2. The van der Waals surface area contributed by atoms with Gasteiger partial charge in [0.1, 0.15) is 5.75 Å². The molecule has 2 aromatic rings. The van der Waals surface area contributed by atoms with Crippen LogP contribution in [0.5, 0.6) is 5.75 Å². The number of unbranched alkanes of at least 4 members (excludes halogenated alkanes) is 1. The number of nitrogens with one attached hydrogen (secondary N) is 2. The molecule has 2 rings (SSSR count). The number of carbonyl (C=O) groups is 2. The summed E-state index contributed by atoms with van der Waals surface area (Å²) in [6.07, 6.45) is 2.85. The number of hydrogen-bond donors (Lipinski definition) is 2. The van der Waals surface area contributed by atoms with Crippen molar-refractivity contribution >= 4 is 23.3 Å². The third kappa shape index (κ3) is 7.31. The maximum Gasteiger partial charge on any atom is 0.338 e. The van der Waals surface area contributed by atoms with Gasteiger partial charge in [0, 0.05) is 17.4 Å². The van der Waals surface area contributed by atoms with Crippen molar-refractivity contribution in [1.29, 1.82) is 0 Å². The van der Waals surface area contributed by atoms with Crippen LogP contribution in [0.15, 0.2) is 48.5 Å². The SMILES string of the molecule is CCCCOc1cccc(NC(=O)CNc2ccc(C(=O)OCCC)cc2)c1. The Bertz CT molecular complexity index is 759. The predicted octanol–water partition coefficient (Wildman–Crippen LogP) is 4.48. The summed E-state index contributed by atoms with van der Waals surface area (Å²) in [5.41, 5.74) is 1.93. The lowest BCUT2D eigenvalue weighted by Gasteiger charge is -2.10. The van der Waals surface area contributed by atoms with E-state index in [0.717, 1.165) is 30.7 Å². The van der Waals surface area contributed by atoms with Crippen LogP contribution in [-0.4, -0.2) is 31.6 Å². The fourth-order valence-corrected chi connectivity index (χ4v) is 2.39. The van der Waals surface area contributed by atoms with E-state index in [4.69, 9.17) is 9.47 Å². The third-order valence-corrected chi connectivity index (χ3v) is 3.90. The molecule has 0 fully saturated rings. The van der Waals surface area contributed by atoms with E-state index >= 15 is 0 Å². The standard InChI is InChI=1S/C22H28N2O4/c1-3-5-14-27-20-8-6-7-19(15-20)24-21(25)16-23-18-11-9-17(10-12-18)22(26)28-13-4-2/h6-12,15,23H,3-5,13-14,16H2,1-2H3,(H,24,25). The second-order valence-electron chi connectivity index (χ2n) is 6.34. The Morgan fingerprint density at radius 2 is 1.71 bits per heavy atom. The summed E-state index contributed by atoms with van der Waals surface area (Å²) < 4.78 is 10.7. The first-order valence-electron chi connectivity index (χ1n) is 9.66. The Labute approximate surface area is 166 Å². The van der Waals surface area contributed by atoms with Crippen LogP contribution in [0.2, 0.25) is 0 Å². The minimum atomic E-state index is -0.341. The number of amides is 1. The molecule has 0 aromatic heterocycles. The first-order valence-corrected chi connectivity index (χ1v) is 9.66. The molecule has 0 radical (unpaired) electrons. The van der Waals surface area contributed by atoms with Gasteiger partial charge in [0.15, 0.2) is 0 Å². The molecule has 6 heteroatoms. The van der Waals surface area contributed by atoms with Gasteiger partial charge in [-0.25, -0.2) is 4.79 Å². The molecule has 0 aliphatic heterocycles. The maximum atomic E-state index is 12.2. The molecule has 0 saturated carbocycles. The van der Waals surface area contributed by atoms with Crippen LogP contribution >= 0.6 is 0 Å². The molecule has 2 aromatic carbocycles. The van der Waals surface area contributed by atoms with Gasteiger partial charge in [-0.3, -0.25) is 4.79 Å². The molecule has 0 aliphatic rings. The summed E-state index contributed by atoms with van der Waals surface area (Å²) in [6.45, 7) is 5.24. The smallest absolute Gasteiger partial charge is 0.338 e. The zero-order valence-corrected chi connectivity index (χ0v) is 16.5. The van der Waals surface area contributed by atoms with E-state index in [-0.39, 0.29) is 18.4 Å². The highest BCUT2D eigenvalue weighted by Gasteiger charge is 2.07.